The van der Waals surface area contributed by atoms with E-state index in [1.165, 1.54) is 0 Å². The number of nitrogens with one attached hydrogen (secondary N) is 2. The molecule has 1 aliphatic rings. The van der Waals surface area contributed by atoms with E-state index in [-0.39, 0.29) is 23.9 Å². The molecule has 5 rings (SSSR count). The van der Waals surface area contributed by atoms with Gasteiger partial charge in [-0.1, -0.05) is 32.0 Å². The van der Waals surface area contributed by atoms with E-state index in [0.29, 0.717) is 5.56 Å². The van der Waals surface area contributed by atoms with Crippen LogP contribution in [0, 0.1) is 0 Å². The Kier molecular flexibility index (Phi) is 7.35. The van der Waals surface area contributed by atoms with Gasteiger partial charge in [0.05, 0.1) is 24.4 Å². The van der Waals surface area contributed by atoms with Crippen LogP contribution in [0.15, 0.2) is 60.8 Å². The topological polar surface area (TPSA) is 94.0 Å². The van der Waals surface area contributed by atoms with Gasteiger partial charge in [-0.3, -0.25) is 4.79 Å². The molecule has 1 aliphatic carbocycles. The van der Waals surface area contributed by atoms with Crippen LogP contribution >= 0.6 is 0 Å². The number of amides is 1. The Labute approximate surface area is 217 Å². The van der Waals surface area contributed by atoms with Crippen LogP contribution in [0.1, 0.15) is 68.1 Å². The number of carbonyl (C=O) groups is 1. The van der Waals surface area contributed by atoms with E-state index in [4.69, 9.17) is 14.7 Å². The van der Waals surface area contributed by atoms with Crippen molar-refractivity contribution in [1.29, 1.82) is 0 Å². The molecule has 0 unspecified atom stereocenters. The van der Waals surface area contributed by atoms with E-state index < -0.39 is 0 Å². The van der Waals surface area contributed by atoms with Crippen LogP contribution < -0.4 is 15.4 Å². The van der Waals surface area contributed by atoms with Gasteiger partial charge in [0.1, 0.15) is 17.4 Å². The van der Waals surface area contributed by atoms with Crippen molar-refractivity contribution in [3.8, 4) is 11.4 Å². The lowest BCUT2D eigenvalue weighted by molar-refractivity contribution is 0.0926. The van der Waals surface area contributed by atoms with Crippen LogP contribution in [0.5, 0.6) is 5.75 Å². The van der Waals surface area contributed by atoms with Gasteiger partial charge in [-0.05, 0) is 68.5 Å². The predicted octanol–water partition coefficient (Wildman–Crippen LogP) is 5.49. The van der Waals surface area contributed by atoms with E-state index in [0.717, 1.165) is 66.2 Å². The molecular weight excluding hydrogens is 464 g/mol. The highest BCUT2D eigenvalue weighted by molar-refractivity contribution is 5.94. The normalized spacial score (nSPS) is 18.4. The number of fused-ring (bicyclic) bond motifs is 1. The second-order valence-electron chi connectivity index (χ2n) is 9.76. The molecule has 0 spiro atoms. The number of hydrogen-bond acceptors (Lipinski definition) is 6. The minimum atomic E-state index is -0.0388. The van der Waals surface area contributed by atoms with Crippen molar-refractivity contribution in [1.82, 2.24) is 25.1 Å². The molecule has 1 amide bonds. The number of nitrogens with zero attached hydrogens (tertiary/aromatic N) is 4. The van der Waals surface area contributed by atoms with E-state index in [1.54, 1.807) is 19.2 Å². The van der Waals surface area contributed by atoms with Crippen LogP contribution in [-0.4, -0.2) is 44.8 Å². The first-order valence-corrected chi connectivity index (χ1v) is 13.1. The Bertz CT molecular complexity index is 1340. The molecule has 0 bridgehead atoms. The lowest BCUT2D eigenvalue weighted by Crippen LogP contribution is -2.40. The summed E-state index contributed by atoms with van der Waals surface area (Å²) in [5.41, 5.74) is 2.45. The van der Waals surface area contributed by atoms with Gasteiger partial charge in [0.15, 0.2) is 5.65 Å². The standard InChI is InChI=1S/C29H34N6O2/c1-4-19(2)26-33-27(25-18-30-35(28(25)34-26)23-8-6-5-7-9-23)31-21-12-14-22(15-13-21)32-29(36)20-10-16-24(37-3)17-11-20/h5-11,16-19,21-22H,4,12-15H2,1-3H3,(H,32,36)(H,31,33,34)/t19-,21?,22?/m1/s1. The van der Waals surface area contributed by atoms with Gasteiger partial charge in [-0.2, -0.15) is 5.10 Å². The third kappa shape index (κ3) is 5.43. The fraction of sp³-hybridized carbons (Fsp3) is 0.379. The first kappa shape index (κ1) is 24.7. The summed E-state index contributed by atoms with van der Waals surface area (Å²) in [7, 11) is 1.62. The predicted molar refractivity (Wildman–Crippen MR) is 145 cm³/mol. The molecule has 1 saturated carbocycles. The van der Waals surface area contributed by atoms with Crippen LogP contribution in [0.2, 0.25) is 0 Å². The number of rotatable bonds is 8. The Balaban J connectivity index is 1.29. The number of para-hydroxylation sites is 1. The van der Waals surface area contributed by atoms with Gasteiger partial charge in [-0.25, -0.2) is 14.6 Å². The summed E-state index contributed by atoms with van der Waals surface area (Å²) in [5.74, 6) is 2.62. The fourth-order valence-electron chi connectivity index (χ4n) is 4.78. The Morgan fingerprint density at radius 2 is 1.73 bits per heavy atom. The monoisotopic (exact) mass is 498 g/mol. The molecule has 0 radical (unpaired) electrons. The lowest BCUT2D eigenvalue weighted by atomic mass is 9.91. The van der Waals surface area contributed by atoms with Crippen molar-refractivity contribution in [2.75, 3.05) is 12.4 Å². The first-order valence-electron chi connectivity index (χ1n) is 13.1. The van der Waals surface area contributed by atoms with Gasteiger partial charge in [0, 0.05) is 23.6 Å². The van der Waals surface area contributed by atoms with E-state index in [1.807, 2.05) is 53.3 Å². The van der Waals surface area contributed by atoms with Gasteiger partial charge < -0.3 is 15.4 Å². The zero-order valence-electron chi connectivity index (χ0n) is 21.6. The molecule has 8 heteroatoms. The summed E-state index contributed by atoms with van der Waals surface area (Å²) >= 11 is 0. The number of anilines is 1. The van der Waals surface area contributed by atoms with Crippen molar-refractivity contribution >= 4 is 22.8 Å². The fourth-order valence-corrected chi connectivity index (χ4v) is 4.78. The highest BCUT2D eigenvalue weighted by atomic mass is 16.5. The van der Waals surface area contributed by atoms with Gasteiger partial charge in [0.2, 0.25) is 0 Å². The molecule has 2 heterocycles. The molecule has 0 aliphatic heterocycles. The number of carbonyl (C=O) groups excluding carboxylic acids is 1. The van der Waals surface area contributed by atoms with Crippen molar-refractivity contribution in [2.24, 2.45) is 0 Å². The number of aromatic nitrogens is 4. The number of methoxy groups -OCH3 is 1. The summed E-state index contributed by atoms with van der Waals surface area (Å²) in [6, 6.07) is 17.7. The van der Waals surface area contributed by atoms with Crippen LogP contribution in [0.4, 0.5) is 5.82 Å². The van der Waals surface area contributed by atoms with Crippen molar-refractivity contribution in [2.45, 2.75) is 64.0 Å². The third-order valence-electron chi connectivity index (χ3n) is 7.26. The molecule has 1 atom stereocenters. The number of hydrogen-bond donors (Lipinski definition) is 2. The Morgan fingerprint density at radius 3 is 2.41 bits per heavy atom. The highest BCUT2D eigenvalue weighted by Crippen LogP contribution is 2.29. The second-order valence-corrected chi connectivity index (χ2v) is 9.76. The first-order chi connectivity index (χ1) is 18.1. The largest absolute Gasteiger partial charge is 0.497 e. The SMILES string of the molecule is CC[C@@H](C)c1nc(NC2CCC(NC(=O)c3ccc(OC)cc3)CC2)c2cnn(-c3ccccc3)c2n1. The molecule has 4 aromatic rings. The number of benzene rings is 2. The molecule has 0 saturated heterocycles. The Hall–Kier alpha value is -3.94. The van der Waals surface area contributed by atoms with E-state index in [2.05, 4.69) is 29.6 Å². The molecular formula is C29H34N6O2. The second kappa shape index (κ2) is 11.0. The van der Waals surface area contributed by atoms with E-state index >= 15 is 0 Å². The van der Waals surface area contributed by atoms with E-state index in [9.17, 15) is 4.79 Å². The smallest absolute Gasteiger partial charge is 0.251 e. The maximum Gasteiger partial charge on any atom is 0.251 e. The summed E-state index contributed by atoms with van der Waals surface area (Å²) < 4.78 is 7.07. The third-order valence-corrected chi connectivity index (χ3v) is 7.26. The average molecular weight is 499 g/mol. The van der Waals surface area contributed by atoms with Crippen LogP contribution in [-0.2, 0) is 0 Å². The highest BCUT2D eigenvalue weighted by Gasteiger charge is 2.25. The van der Waals surface area contributed by atoms with Crippen molar-refractivity contribution in [3.05, 3.63) is 72.2 Å². The van der Waals surface area contributed by atoms with Crippen LogP contribution in [0.3, 0.4) is 0 Å². The minimum absolute atomic E-state index is 0.0388. The minimum Gasteiger partial charge on any atom is -0.497 e. The zero-order valence-corrected chi connectivity index (χ0v) is 21.6. The maximum absolute atomic E-state index is 12.7. The summed E-state index contributed by atoms with van der Waals surface area (Å²) in [6.07, 6.45) is 6.54. The lowest BCUT2D eigenvalue weighted by Gasteiger charge is -2.30. The summed E-state index contributed by atoms with van der Waals surface area (Å²) in [5, 5.41) is 12.5. The van der Waals surface area contributed by atoms with Crippen molar-refractivity contribution < 1.29 is 9.53 Å². The van der Waals surface area contributed by atoms with Gasteiger partial charge in [-0.15, -0.1) is 0 Å². The van der Waals surface area contributed by atoms with Gasteiger partial charge >= 0.3 is 0 Å². The summed E-state index contributed by atoms with van der Waals surface area (Å²) in [4.78, 5) is 22.5. The molecule has 2 aromatic carbocycles. The molecule has 1 fully saturated rings. The molecule has 2 aromatic heterocycles. The zero-order chi connectivity index (χ0) is 25.8. The molecule has 2 N–H and O–H groups in total. The molecule has 192 valence electrons. The molecule has 37 heavy (non-hydrogen) atoms. The summed E-state index contributed by atoms with van der Waals surface area (Å²) in [6.45, 7) is 4.31. The maximum atomic E-state index is 12.7. The number of ether oxygens (including phenoxy) is 1. The van der Waals surface area contributed by atoms with Crippen LogP contribution in [0.25, 0.3) is 16.7 Å². The van der Waals surface area contributed by atoms with Crippen molar-refractivity contribution in [3.63, 3.8) is 0 Å². The quantitative estimate of drug-likeness (QED) is 0.334. The van der Waals surface area contributed by atoms with Gasteiger partial charge in [0.25, 0.3) is 5.91 Å². The molecule has 8 nitrogen and oxygen atoms in total. The average Bonchev–Trinajstić information content (AvgIpc) is 3.38. The Morgan fingerprint density at radius 1 is 1.03 bits per heavy atom.